The van der Waals surface area contributed by atoms with Crippen molar-refractivity contribution in [1.82, 2.24) is 5.16 Å². The molecule has 0 spiro atoms. The Morgan fingerprint density at radius 3 is 2.93 bits per heavy atom. The molecule has 2 rings (SSSR count). The molecule has 0 N–H and O–H groups in total. The molecule has 2 heterocycles. The molecule has 0 radical (unpaired) electrons. The molecule has 0 atom stereocenters. The van der Waals surface area contributed by atoms with Crippen molar-refractivity contribution in [2.75, 3.05) is 19.8 Å². The first-order valence-electron chi connectivity index (χ1n) is 4.88. The molecule has 0 bridgehead atoms. The van der Waals surface area contributed by atoms with Crippen LogP contribution >= 0.6 is 0 Å². The van der Waals surface area contributed by atoms with Crippen LogP contribution in [0.5, 0.6) is 0 Å². The van der Waals surface area contributed by atoms with Crippen molar-refractivity contribution < 1.29 is 18.8 Å². The van der Waals surface area contributed by atoms with E-state index in [1.165, 1.54) is 0 Å². The lowest BCUT2D eigenvalue weighted by Crippen LogP contribution is -2.44. The summed E-state index contributed by atoms with van der Waals surface area (Å²) in [7, 11) is 0. The van der Waals surface area contributed by atoms with Crippen LogP contribution in [0.15, 0.2) is 10.6 Å². The van der Waals surface area contributed by atoms with E-state index >= 15 is 0 Å². The van der Waals surface area contributed by atoms with Gasteiger partial charge in [0.15, 0.2) is 0 Å². The number of aromatic nitrogens is 1. The molecule has 0 aliphatic carbocycles. The number of carbonyl (C=O) groups excluding carboxylic acids is 1. The van der Waals surface area contributed by atoms with Gasteiger partial charge in [0.2, 0.25) is 5.76 Å². The van der Waals surface area contributed by atoms with Crippen LogP contribution in [-0.4, -0.2) is 30.9 Å². The highest BCUT2D eigenvalue weighted by molar-refractivity contribution is 5.86. The van der Waals surface area contributed by atoms with Gasteiger partial charge >= 0.3 is 5.97 Å². The van der Waals surface area contributed by atoms with Gasteiger partial charge in [-0.3, -0.25) is 0 Å². The molecular formula is C10H13NO4. The summed E-state index contributed by atoms with van der Waals surface area (Å²) in [4.78, 5) is 11.3. The molecule has 5 nitrogen and oxygen atoms in total. The Balaban J connectivity index is 2.13. The van der Waals surface area contributed by atoms with Gasteiger partial charge in [0, 0.05) is 6.07 Å². The zero-order chi connectivity index (χ0) is 10.9. The van der Waals surface area contributed by atoms with Crippen molar-refractivity contribution in [3.63, 3.8) is 0 Å². The molecule has 1 saturated heterocycles. The molecule has 0 unspecified atom stereocenters. The molecule has 0 aromatic carbocycles. The fourth-order valence-electron chi connectivity index (χ4n) is 1.41. The van der Waals surface area contributed by atoms with Gasteiger partial charge in [-0.1, -0.05) is 5.16 Å². The lowest BCUT2D eigenvalue weighted by Gasteiger charge is -2.35. The van der Waals surface area contributed by atoms with Crippen LogP contribution in [-0.2, 0) is 14.9 Å². The fourth-order valence-corrected chi connectivity index (χ4v) is 1.41. The first-order valence-corrected chi connectivity index (χ1v) is 4.88. The summed E-state index contributed by atoms with van der Waals surface area (Å²) in [5, 5.41) is 3.86. The van der Waals surface area contributed by atoms with Crippen LogP contribution in [0.25, 0.3) is 0 Å². The second-order valence-corrected chi connectivity index (χ2v) is 3.85. The minimum atomic E-state index is -0.472. The number of carbonyl (C=O) groups is 1. The van der Waals surface area contributed by atoms with E-state index in [1.807, 2.05) is 6.92 Å². The maximum atomic E-state index is 11.3. The summed E-state index contributed by atoms with van der Waals surface area (Å²) < 4.78 is 14.8. The third-order valence-corrected chi connectivity index (χ3v) is 2.45. The molecule has 1 fully saturated rings. The SMILES string of the molecule is CCOC(=O)c1cc(C2(C)COC2)no1. The number of ether oxygens (including phenoxy) is 2. The maximum Gasteiger partial charge on any atom is 0.377 e. The van der Waals surface area contributed by atoms with Crippen LogP contribution in [0.1, 0.15) is 30.1 Å². The Kier molecular flexibility index (Phi) is 2.48. The van der Waals surface area contributed by atoms with Crippen LogP contribution in [0, 0.1) is 0 Å². The van der Waals surface area contributed by atoms with Gasteiger partial charge in [0.05, 0.1) is 30.9 Å². The van der Waals surface area contributed by atoms with Gasteiger partial charge in [-0.25, -0.2) is 4.79 Å². The zero-order valence-corrected chi connectivity index (χ0v) is 8.78. The highest BCUT2D eigenvalue weighted by Crippen LogP contribution is 2.31. The van der Waals surface area contributed by atoms with E-state index in [4.69, 9.17) is 14.0 Å². The predicted octanol–water partition coefficient (Wildman–Crippen LogP) is 1.14. The van der Waals surface area contributed by atoms with Gasteiger partial charge < -0.3 is 14.0 Å². The third kappa shape index (κ3) is 1.74. The summed E-state index contributed by atoms with van der Waals surface area (Å²) in [6.45, 7) is 5.32. The lowest BCUT2D eigenvalue weighted by molar-refractivity contribution is -0.0532. The first kappa shape index (κ1) is 10.2. The monoisotopic (exact) mass is 211 g/mol. The van der Waals surface area contributed by atoms with E-state index < -0.39 is 5.97 Å². The van der Waals surface area contributed by atoms with E-state index in [9.17, 15) is 4.79 Å². The van der Waals surface area contributed by atoms with E-state index in [2.05, 4.69) is 5.16 Å². The lowest BCUT2D eigenvalue weighted by atomic mass is 9.85. The first-order chi connectivity index (χ1) is 7.15. The third-order valence-electron chi connectivity index (χ3n) is 2.45. The molecule has 0 amide bonds. The zero-order valence-electron chi connectivity index (χ0n) is 8.78. The Bertz CT molecular complexity index is 367. The Morgan fingerprint density at radius 2 is 2.40 bits per heavy atom. The number of hydrogen-bond donors (Lipinski definition) is 0. The van der Waals surface area contributed by atoms with Gasteiger partial charge in [0.25, 0.3) is 0 Å². The highest BCUT2D eigenvalue weighted by Gasteiger charge is 2.38. The van der Waals surface area contributed by atoms with Gasteiger partial charge in [-0.15, -0.1) is 0 Å². The average Bonchev–Trinajstić information content (AvgIpc) is 2.63. The molecule has 1 aliphatic rings. The van der Waals surface area contributed by atoms with E-state index in [0.29, 0.717) is 19.8 Å². The summed E-state index contributed by atoms with van der Waals surface area (Å²) in [6.07, 6.45) is 0. The van der Waals surface area contributed by atoms with Gasteiger partial charge in [0.1, 0.15) is 0 Å². The van der Waals surface area contributed by atoms with E-state index in [-0.39, 0.29) is 11.2 Å². The highest BCUT2D eigenvalue weighted by atomic mass is 16.6. The second kappa shape index (κ2) is 3.66. The van der Waals surface area contributed by atoms with Crippen LogP contribution in [0.2, 0.25) is 0 Å². The Labute approximate surface area is 87.3 Å². The van der Waals surface area contributed by atoms with Crippen molar-refractivity contribution in [1.29, 1.82) is 0 Å². The summed E-state index contributed by atoms with van der Waals surface area (Å²) in [5.41, 5.74) is 0.630. The molecule has 1 aromatic heterocycles. The maximum absolute atomic E-state index is 11.3. The Hall–Kier alpha value is -1.36. The minimum Gasteiger partial charge on any atom is -0.460 e. The van der Waals surface area contributed by atoms with Crippen molar-refractivity contribution >= 4 is 5.97 Å². The summed E-state index contributed by atoms with van der Waals surface area (Å²) >= 11 is 0. The molecule has 1 aliphatic heterocycles. The number of hydrogen-bond acceptors (Lipinski definition) is 5. The Morgan fingerprint density at radius 1 is 1.67 bits per heavy atom. The van der Waals surface area contributed by atoms with Crippen molar-refractivity contribution in [2.24, 2.45) is 0 Å². The average molecular weight is 211 g/mol. The molecule has 1 aromatic rings. The molecular weight excluding hydrogens is 198 g/mol. The minimum absolute atomic E-state index is 0.117. The topological polar surface area (TPSA) is 61.6 Å². The van der Waals surface area contributed by atoms with Crippen LogP contribution in [0.3, 0.4) is 0 Å². The van der Waals surface area contributed by atoms with E-state index in [1.54, 1.807) is 13.0 Å². The van der Waals surface area contributed by atoms with Gasteiger partial charge in [-0.05, 0) is 13.8 Å². The van der Waals surface area contributed by atoms with Crippen LogP contribution in [0.4, 0.5) is 0 Å². The molecule has 82 valence electrons. The normalized spacial score (nSPS) is 18.3. The molecule has 0 saturated carbocycles. The standard InChI is InChI=1S/C10H13NO4/c1-3-14-9(12)7-4-8(11-15-7)10(2)5-13-6-10/h4H,3,5-6H2,1-2H3. The fraction of sp³-hybridized carbons (Fsp3) is 0.600. The summed E-state index contributed by atoms with van der Waals surface area (Å²) in [5.74, 6) is -0.319. The smallest absolute Gasteiger partial charge is 0.377 e. The molecule has 15 heavy (non-hydrogen) atoms. The number of rotatable bonds is 3. The number of esters is 1. The summed E-state index contributed by atoms with van der Waals surface area (Å²) in [6, 6.07) is 1.63. The van der Waals surface area contributed by atoms with E-state index in [0.717, 1.165) is 5.69 Å². The second-order valence-electron chi connectivity index (χ2n) is 3.85. The quantitative estimate of drug-likeness (QED) is 0.701. The van der Waals surface area contributed by atoms with Crippen molar-refractivity contribution in [3.05, 3.63) is 17.5 Å². The largest absolute Gasteiger partial charge is 0.460 e. The van der Waals surface area contributed by atoms with Crippen LogP contribution < -0.4 is 0 Å². The number of nitrogens with zero attached hydrogens (tertiary/aromatic N) is 1. The predicted molar refractivity (Wildman–Crippen MR) is 50.6 cm³/mol. The van der Waals surface area contributed by atoms with Crippen molar-refractivity contribution in [3.8, 4) is 0 Å². The van der Waals surface area contributed by atoms with Crippen molar-refractivity contribution in [2.45, 2.75) is 19.3 Å². The molecule has 5 heteroatoms. The van der Waals surface area contributed by atoms with Gasteiger partial charge in [-0.2, -0.15) is 0 Å².